The standard InChI is InChI=1S/C19H22N2O3/c22-18-7-3-16(4-8-18)19(23)20-17-5-1-15(2-6-17)9-10-21-11-13-24-14-12-21/h1-8,22H,9-14H2,(H,20,23). The molecule has 1 saturated heterocycles. The van der Waals surface area contributed by atoms with E-state index in [-0.39, 0.29) is 11.7 Å². The van der Waals surface area contributed by atoms with Crippen LogP contribution in [-0.2, 0) is 11.2 Å². The summed E-state index contributed by atoms with van der Waals surface area (Å²) < 4.78 is 5.35. The lowest BCUT2D eigenvalue weighted by molar-refractivity contribution is 0.0384. The summed E-state index contributed by atoms with van der Waals surface area (Å²) in [5.74, 6) is -0.0350. The first-order valence-electron chi connectivity index (χ1n) is 8.20. The number of rotatable bonds is 5. The first-order valence-corrected chi connectivity index (χ1v) is 8.20. The van der Waals surface area contributed by atoms with Crippen molar-refractivity contribution in [1.29, 1.82) is 0 Å². The first kappa shape index (κ1) is 16.5. The maximum absolute atomic E-state index is 12.1. The zero-order valence-corrected chi connectivity index (χ0v) is 13.6. The zero-order valence-electron chi connectivity index (χ0n) is 13.6. The second-order valence-corrected chi connectivity index (χ2v) is 5.90. The lowest BCUT2D eigenvalue weighted by atomic mass is 10.1. The van der Waals surface area contributed by atoms with Crippen LogP contribution in [0.5, 0.6) is 5.75 Å². The van der Waals surface area contributed by atoms with Gasteiger partial charge >= 0.3 is 0 Å². The van der Waals surface area contributed by atoms with Crippen LogP contribution in [0.4, 0.5) is 5.69 Å². The Morgan fingerprint density at radius 3 is 2.38 bits per heavy atom. The third kappa shape index (κ3) is 4.57. The molecule has 1 fully saturated rings. The normalized spacial score (nSPS) is 15.2. The van der Waals surface area contributed by atoms with E-state index in [1.807, 2.05) is 24.3 Å². The Labute approximate surface area is 141 Å². The molecule has 0 unspecified atom stereocenters. The number of carbonyl (C=O) groups excluding carboxylic acids is 1. The number of phenolic OH excluding ortho intramolecular Hbond substituents is 1. The van der Waals surface area contributed by atoms with Crippen LogP contribution in [0.2, 0.25) is 0 Å². The number of anilines is 1. The summed E-state index contributed by atoms with van der Waals surface area (Å²) in [5.41, 5.74) is 2.54. The Bertz CT molecular complexity index is 662. The minimum absolute atomic E-state index is 0.149. The molecular weight excluding hydrogens is 304 g/mol. The number of benzene rings is 2. The Hall–Kier alpha value is -2.37. The van der Waals surface area contributed by atoms with E-state index >= 15 is 0 Å². The van der Waals surface area contributed by atoms with Crippen LogP contribution in [0.15, 0.2) is 48.5 Å². The third-order valence-corrected chi connectivity index (χ3v) is 4.16. The summed E-state index contributed by atoms with van der Waals surface area (Å²) in [6.07, 6.45) is 0.992. The highest BCUT2D eigenvalue weighted by atomic mass is 16.5. The van der Waals surface area contributed by atoms with Gasteiger partial charge < -0.3 is 15.2 Å². The molecular formula is C19H22N2O3. The summed E-state index contributed by atoms with van der Waals surface area (Å²) in [5, 5.41) is 12.1. The summed E-state index contributed by atoms with van der Waals surface area (Å²) in [4.78, 5) is 14.5. The fraction of sp³-hybridized carbons (Fsp3) is 0.316. The van der Waals surface area contributed by atoms with Crippen LogP contribution in [-0.4, -0.2) is 48.8 Å². The number of nitrogens with one attached hydrogen (secondary N) is 1. The van der Waals surface area contributed by atoms with Gasteiger partial charge in [0, 0.05) is 30.9 Å². The van der Waals surface area contributed by atoms with E-state index in [4.69, 9.17) is 4.74 Å². The summed E-state index contributed by atoms with van der Waals surface area (Å²) >= 11 is 0. The van der Waals surface area contributed by atoms with Crippen molar-refractivity contribution in [2.45, 2.75) is 6.42 Å². The molecule has 2 N–H and O–H groups in total. The monoisotopic (exact) mass is 326 g/mol. The maximum Gasteiger partial charge on any atom is 0.255 e. The second kappa shape index (κ2) is 7.95. The number of aromatic hydroxyl groups is 1. The molecule has 0 radical (unpaired) electrons. The third-order valence-electron chi connectivity index (χ3n) is 4.16. The van der Waals surface area contributed by atoms with Crippen molar-refractivity contribution >= 4 is 11.6 Å². The molecule has 1 aliphatic heterocycles. The molecule has 0 atom stereocenters. The van der Waals surface area contributed by atoms with Gasteiger partial charge in [0.25, 0.3) is 5.91 Å². The summed E-state index contributed by atoms with van der Waals surface area (Å²) in [6.45, 7) is 4.68. The van der Waals surface area contributed by atoms with Crippen molar-refractivity contribution in [2.75, 3.05) is 38.2 Å². The molecule has 0 aliphatic carbocycles. The van der Waals surface area contributed by atoms with Crippen LogP contribution in [0, 0.1) is 0 Å². The van der Waals surface area contributed by atoms with Gasteiger partial charge in [0.15, 0.2) is 0 Å². The second-order valence-electron chi connectivity index (χ2n) is 5.90. The summed E-state index contributed by atoms with van der Waals surface area (Å²) in [7, 11) is 0. The van der Waals surface area contributed by atoms with Crippen LogP contribution in [0.1, 0.15) is 15.9 Å². The number of morpholine rings is 1. The minimum atomic E-state index is -0.184. The predicted octanol–water partition coefficient (Wildman–Crippen LogP) is 2.52. The highest BCUT2D eigenvalue weighted by Gasteiger charge is 2.10. The van der Waals surface area contributed by atoms with Crippen molar-refractivity contribution in [2.24, 2.45) is 0 Å². The molecule has 5 heteroatoms. The van der Waals surface area contributed by atoms with E-state index in [9.17, 15) is 9.90 Å². The molecule has 1 amide bonds. The van der Waals surface area contributed by atoms with E-state index in [1.54, 1.807) is 12.1 Å². The van der Waals surface area contributed by atoms with Crippen molar-refractivity contribution in [3.63, 3.8) is 0 Å². The molecule has 24 heavy (non-hydrogen) atoms. The molecule has 126 valence electrons. The minimum Gasteiger partial charge on any atom is -0.508 e. The van der Waals surface area contributed by atoms with Crippen LogP contribution < -0.4 is 5.32 Å². The van der Waals surface area contributed by atoms with Gasteiger partial charge in [-0.3, -0.25) is 9.69 Å². The molecule has 3 rings (SSSR count). The van der Waals surface area contributed by atoms with Crippen molar-refractivity contribution in [3.05, 3.63) is 59.7 Å². The van der Waals surface area contributed by atoms with Gasteiger partial charge in [0.05, 0.1) is 13.2 Å². The van der Waals surface area contributed by atoms with Gasteiger partial charge in [-0.05, 0) is 48.4 Å². The van der Waals surface area contributed by atoms with E-state index in [0.717, 1.165) is 45.0 Å². The largest absolute Gasteiger partial charge is 0.508 e. The van der Waals surface area contributed by atoms with E-state index in [0.29, 0.717) is 5.56 Å². The number of hydrogen-bond donors (Lipinski definition) is 2. The molecule has 2 aromatic rings. The topological polar surface area (TPSA) is 61.8 Å². The highest BCUT2D eigenvalue weighted by molar-refractivity contribution is 6.04. The number of ether oxygens (including phenoxy) is 1. The molecule has 0 aromatic heterocycles. The zero-order chi connectivity index (χ0) is 16.8. The van der Waals surface area contributed by atoms with Crippen LogP contribution >= 0.6 is 0 Å². The number of phenols is 1. The molecule has 5 nitrogen and oxygen atoms in total. The van der Waals surface area contributed by atoms with Gasteiger partial charge in [-0.15, -0.1) is 0 Å². The Balaban J connectivity index is 1.52. The van der Waals surface area contributed by atoms with Gasteiger partial charge in [-0.1, -0.05) is 12.1 Å². The highest BCUT2D eigenvalue weighted by Crippen LogP contribution is 2.14. The fourth-order valence-corrected chi connectivity index (χ4v) is 2.68. The van der Waals surface area contributed by atoms with Gasteiger partial charge in [0.2, 0.25) is 0 Å². The Morgan fingerprint density at radius 1 is 1.04 bits per heavy atom. The molecule has 1 aliphatic rings. The first-order chi connectivity index (χ1) is 11.7. The van der Waals surface area contributed by atoms with Crippen LogP contribution in [0.3, 0.4) is 0 Å². The Kier molecular flexibility index (Phi) is 5.46. The number of hydrogen-bond acceptors (Lipinski definition) is 4. The van der Waals surface area contributed by atoms with Crippen LogP contribution in [0.25, 0.3) is 0 Å². The fourth-order valence-electron chi connectivity index (χ4n) is 2.68. The molecule has 0 saturated carbocycles. The average molecular weight is 326 g/mol. The maximum atomic E-state index is 12.1. The number of nitrogens with zero attached hydrogens (tertiary/aromatic N) is 1. The lowest BCUT2D eigenvalue weighted by Gasteiger charge is -2.26. The lowest BCUT2D eigenvalue weighted by Crippen LogP contribution is -2.37. The van der Waals surface area contributed by atoms with E-state index in [2.05, 4.69) is 10.2 Å². The molecule has 0 bridgehead atoms. The van der Waals surface area contributed by atoms with Gasteiger partial charge in [0.1, 0.15) is 5.75 Å². The van der Waals surface area contributed by atoms with Crippen molar-refractivity contribution in [3.8, 4) is 5.75 Å². The van der Waals surface area contributed by atoms with Gasteiger partial charge in [-0.25, -0.2) is 0 Å². The SMILES string of the molecule is O=C(Nc1ccc(CCN2CCOCC2)cc1)c1ccc(O)cc1. The molecule has 1 heterocycles. The smallest absolute Gasteiger partial charge is 0.255 e. The Morgan fingerprint density at radius 2 is 1.71 bits per heavy atom. The summed E-state index contributed by atoms with van der Waals surface area (Å²) in [6, 6.07) is 14.1. The van der Waals surface area contributed by atoms with E-state index in [1.165, 1.54) is 17.7 Å². The quantitative estimate of drug-likeness (QED) is 0.886. The van der Waals surface area contributed by atoms with Crippen molar-refractivity contribution < 1.29 is 14.6 Å². The van der Waals surface area contributed by atoms with Gasteiger partial charge in [-0.2, -0.15) is 0 Å². The molecule has 0 spiro atoms. The molecule has 2 aromatic carbocycles. The van der Waals surface area contributed by atoms with E-state index < -0.39 is 0 Å². The predicted molar refractivity (Wildman–Crippen MR) is 93.5 cm³/mol. The average Bonchev–Trinajstić information content (AvgIpc) is 2.62. The van der Waals surface area contributed by atoms with Crippen molar-refractivity contribution in [1.82, 2.24) is 4.90 Å². The number of amides is 1. The number of carbonyl (C=O) groups is 1.